The Morgan fingerprint density at radius 2 is 1.89 bits per heavy atom. The molecule has 0 aromatic carbocycles. The van der Waals surface area contributed by atoms with Crippen LogP contribution in [0.15, 0.2) is 4.90 Å². The van der Waals surface area contributed by atoms with Crippen LogP contribution in [0, 0.1) is 13.8 Å². The molecule has 1 fully saturated rings. The summed E-state index contributed by atoms with van der Waals surface area (Å²) in [7, 11) is -1.65. The van der Waals surface area contributed by atoms with Gasteiger partial charge in [-0.3, -0.25) is 4.68 Å². The van der Waals surface area contributed by atoms with Crippen LogP contribution < -0.4 is 5.32 Å². The van der Waals surface area contributed by atoms with Crippen LogP contribution in [-0.2, 0) is 17.1 Å². The van der Waals surface area contributed by atoms with Crippen molar-refractivity contribution in [1.82, 2.24) is 19.4 Å². The van der Waals surface area contributed by atoms with Crippen LogP contribution in [-0.4, -0.2) is 48.7 Å². The maximum atomic E-state index is 12.6. The Kier molecular flexibility index (Phi) is 5.37. The summed E-state index contributed by atoms with van der Waals surface area (Å²) in [6.07, 6.45) is 0.845. The summed E-state index contributed by atoms with van der Waals surface area (Å²) < 4.78 is 28.5. The van der Waals surface area contributed by atoms with Gasteiger partial charge in [-0.05, 0) is 26.8 Å². The molecule has 0 spiro atoms. The third-order valence-electron chi connectivity index (χ3n) is 3.34. The molecule has 0 bridgehead atoms. The van der Waals surface area contributed by atoms with Crippen molar-refractivity contribution in [2.24, 2.45) is 7.05 Å². The molecule has 0 saturated carbocycles. The van der Waals surface area contributed by atoms with Crippen LogP contribution in [0.2, 0.25) is 0 Å². The van der Waals surface area contributed by atoms with E-state index in [1.807, 2.05) is 0 Å². The van der Waals surface area contributed by atoms with E-state index in [4.69, 9.17) is 0 Å². The Hall–Kier alpha value is -0.630. The zero-order valence-electron chi connectivity index (χ0n) is 11.5. The molecule has 1 aromatic heterocycles. The minimum atomic E-state index is -3.42. The van der Waals surface area contributed by atoms with Gasteiger partial charge in [0.15, 0.2) is 0 Å². The van der Waals surface area contributed by atoms with Gasteiger partial charge in [-0.1, -0.05) is 0 Å². The van der Waals surface area contributed by atoms with E-state index in [1.165, 1.54) is 0 Å². The predicted octanol–water partition coefficient (Wildman–Crippen LogP) is 0.443. The highest BCUT2D eigenvalue weighted by Crippen LogP contribution is 2.23. The van der Waals surface area contributed by atoms with Crippen molar-refractivity contribution in [2.75, 3.05) is 26.2 Å². The molecule has 0 unspecified atom stereocenters. The molecule has 0 amide bonds. The van der Waals surface area contributed by atoms with Crippen LogP contribution >= 0.6 is 12.4 Å². The van der Waals surface area contributed by atoms with Crippen molar-refractivity contribution < 1.29 is 8.42 Å². The second kappa shape index (κ2) is 6.21. The van der Waals surface area contributed by atoms with E-state index >= 15 is 0 Å². The van der Waals surface area contributed by atoms with Gasteiger partial charge < -0.3 is 5.32 Å². The van der Waals surface area contributed by atoms with Crippen LogP contribution in [0.5, 0.6) is 0 Å². The molecule has 1 aliphatic heterocycles. The fourth-order valence-electron chi connectivity index (χ4n) is 2.32. The molecular weight excluding hydrogens is 288 g/mol. The summed E-state index contributed by atoms with van der Waals surface area (Å²) in [4.78, 5) is 0.368. The number of hydrogen-bond acceptors (Lipinski definition) is 4. The molecular formula is C11H21ClN4O2S. The summed E-state index contributed by atoms with van der Waals surface area (Å²) >= 11 is 0. The maximum absolute atomic E-state index is 12.6. The van der Waals surface area contributed by atoms with E-state index in [9.17, 15) is 8.42 Å². The van der Waals surface area contributed by atoms with E-state index in [2.05, 4.69) is 10.4 Å². The Morgan fingerprint density at radius 1 is 1.21 bits per heavy atom. The smallest absolute Gasteiger partial charge is 0.246 e. The highest BCUT2D eigenvalue weighted by Gasteiger charge is 2.30. The van der Waals surface area contributed by atoms with Crippen LogP contribution in [0.4, 0.5) is 0 Å². The zero-order valence-corrected chi connectivity index (χ0v) is 13.1. The van der Waals surface area contributed by atoms with Crippen molar-refractivity contribution in [3.63, 3.8) is 0 Å². The minimum absolute atomic E-state index is 0. The predicted molar refractivity (Wildman–Crippen MR) is 76.2 cm³/mol. The van der Waals surface area contributed by atoms with E-state index in [-0.39, 0.29) is 12.4 Å². The molecule has 8 heteroatoms. The first-order chi connectivity index (χ1) is 8.44. The lowest BCUT2D eigenvalue weighted by atomic mass is 10.4. The molecule has 0 aliphatic carbocycles. The summed E-state index contributed by atoms with van der Waals surface area (Å²) in [5.41, 5.74) is 1.27. The quantitative estimate of drug-likeness (QED) is 0.861. The molecule has 0 radical (unpaired) electrons. The average Bonchev–Trinajstić information content (AvgIpc) is 2.51. The molecule has 6 nitrogen and oxygen atoms in total. The van der Waals surface area contributed by atoms with Crippen molar-refractivity contribution in [3.8, 4) is 0 Å². The Bertz CT molecular complexity index is 533. The van der Waals surface area contributed by atoms with E-state index in [0.29, 0.717) is 35.9 Å². The lowest BCUT2D eigenvalue weighted by Gasteiger charge is -2.19. The molecule has 1 N–H and O–H groups in total. The minimum Gasteiger partial charge on any atom is -0.315 e. The van der Waals surface area contributed by atoms with Crippen LogP contribution in [0.1, 0.15) is 17.8 Å². The summed E-state index contributed by atoms with van der Waals surface area (Å²) in [5.74, 6) is 0. The average molecular weight is 309 g/mol. The Morgan fingerprint density at radius 3 is 2.47 bits per heavy atom. The van der Waals surface area contributed by atoms with E-state index in [1.54, 1.807) is 29.9 Å². The fourth-order valence-corrected chi connectivity index (χ4v) is 4.20. The zero-order chi connectivity index (χ0) is 13.3. The van der Waals surface area contributed by atoms with Gasteiger partial charge >= 0.3 is 0 Å². The number of nitrogens with zero attached hydrogens (tertiary/aromatic N) is 3. The number of nitrogens with one attached hydrogen (secondary N) is 1. The molecule has 1 aliphatic rings. The highest BCUT2D eigenvalue weighted by molar-refractivity contribution is 7.89. The monoisotopic (exact) mass is 308 g/mol. The maximum Gasteiger partial charge on any atom is 0.246 e. The Labute approximate surface area is 120 Å². The number of rotatable bonds is 2. The molecule has 0 atom stereocenters. The van der Waals surface area contributed by atoms with Gasteiger partial charge in [0.1, 0.15) is 4.90 Å². The largest absolute Gasteiger partial charge is 0.315 e. The summed E-state index contributed by atoms with van der Waals surface area (Å²) in [6.45, 7) is 6.22. The second-order valence-electron chi connectivity index (χ2n) is 4.63. The lowest BCUT2D eigenvalue weighted by Crippen LogP contribution is -2.34. The highest BCUT2D eigenvalue weighted by atomic mass is 35.5. The molecule has 2 heterocycles. The normalized spacial score (nSPS) is 17.8. The first-order valence-corrected chi connectivity index (χ1v) is 7.59. The van der Waals surface area contributed by atoms with E-state index in [0.717, 1.165) is 13.0 Å². The molecule has 19 heavy (non-hydrogen) atoms. The fraction of sp³-hybridized carbons (Fsp3) is 0.727. The molecule has 1 aromatic rings. The van der Waals surface area contributed by atoms with Gasteiger partial charge in [-0.25, -0.2) is 8.42 Å². The van der Waals surface area contributed by atoms with Gasteiger partial charge in [0, 0.05) is 26.7 Å². The lowest BCUT2D eigenvalue weighted by molar-refractivity contribution is 0.431. The molecule has 1 saturated heterocycles. The number of aryl methyl sites for hydroxylation is 2. The van der Waals surface area contributed by atoms with Crippen molar-refractivity contribution >= 4 is 22.4 Å². The number of hydrogen-bond donors (Lipinski definition) is 1. The second-order valence-corrected chi connectivity index (χ2v) is 6.51. The molecule has 2 rings (SSSR count). The van der Waals surface area contributed by atoms with Crippen molar-refractivity contribution in [1.29, 1.82) is 0 Å². The van der Waals surface area contributed by atoms with Crippen LogP contribution in [0.3, 0.4) is 0 Å². The Balaban J connectivity index is 0.00000180. The van der Waals surface area contributed by atoms with Gasteiger partial charge in [-0.2, -0.15) is 9.40 Å². The van der Waals surface area contributed by atoms with Crippen molar-refractivity contribution in [2.45, 2.75) is 25.2 Å². The SMILES string of the molecule is Cc1nn(C)c(C)c1S(=O)(=O)N1CCCNCC1.Cl. The third-order valence-corrected chi connectivity index (χ3v) is 5.49. The number of halogens is 1. The molecule has 110 valence electrons. The van der Waals surface area contributed by atoms with Crippen LogP contribution in [0.25, 0.3) is 0 Å². The van der Waals surface area contributed by atoms with Gasteiger partial charge in [0.05, 0.1) is 11.4 Å². The van der Waals surface area contributed by atoms with E-state index < -0.39 is 10.0 Å². The van der Waals surface area contributed by atoms with Crippen molar-refractivity contribution in [3.05, 3.63) is 11.4 Å². The first kappa shape index (κ1) is 16.4. The van der Waals surface area contributed by atoms with Gasteiger partial charge in [0.25, 0.3) is 0 Å². The van der Waals surface area contributed by atoms with Gasteiger partial charge in [-0.15, -0.1) is 12.4 Å². The third kappa shape index (κ3) is 3.10. The number of aromatic nitrogens is 2. The first-order valence-electron chi connectivity index (χ1n) is 6.15. The van der Waals surface area contributed by atoms with Gasteiger partial charge in [0.2, 0.25) is 10.0 Å². The summed E-state index contributed by atoms with van der Waals surface area (Å²) in [5, 5.41) is 7.40. The topological polar surface area (TPSA) is 67.2 Å². The number of sulfonamides is 1. The summed E-state index contributed by atoms with van der Waals surface area (Å²) in [6, 6.07) is 0. The standard InChI is InChI=1S/C11H20N4O2S.ClH/c1-9-11(10(2)14(3)13-9)18(16,17)15-7-4-5-12-6-8-15;/h12H,4-8H2,1-3H3;1H.